The van der Waals surface area contributed by atoms with Crippen LogP contribution in [0.1, 0.15) is 52.8 Å². The Kier molecular flexibility index (Phi) is 4.37. The molecule has 1 aromatic heterocycles. The van der Waals surface area contributed by atoms with Crippen molar-refractivity contribution in [1.82, 2.24) is 4.98 Å². The Morgan fingerprint density at radius 2 is 2.00 bits per heavy atom. The van der Waals surface area contributed by atoms with E-state index < -0.39 is 5.60 Å². The maximum Gasteiger partial charge on any atom is 0.414 e. The van der Waals surface area contributed by atoms with Gasteiger partial charge < -0.3 is 9.47 Å². The highest BCUT2D eigenvalue weighted by atomic mass is 16.6. The Balaban J connectivity index is 2.31. The van der Waals surface area contributed by atoms with E-state index in [4.69, 9.17) is 9.47 Å². The standard InChI is InChI=1S/C17H24N2O4/c1-11(20)22-9-12-7-14-13(8-18-12)17(5,6)10-19(14)15(21)23-16(2,3)4/h7-8H,9-10H2,1-6H3. The summed E-state index contributed by atoms with van der Waals surface area (Å²) in [6.45, 7) is 11.6. The van der Waals surface area contributed by atoms with Gasteiger partial charge in [0, 0.05) is 30.6 Å². The molecule has 1 aliphatic rings. The number of nitrogens with zero attached hydrogens (tertiary/aromatic N) is 2. The van der Waals surface area contributed by atoms with E-state index in [0.29, 0.717) is 12.2 Å². The summed E-state index contributed by atoms with van der Waals surface area (Å²) in [6.07, 6.45) is 1.37. The number of esters is 1. The van der Waals surface area contributed by atoms with E-state index in [1.807, 2.05) is 20.8 Å². The van der Waals surface area contributed by atoms with Crippen LogP contribution in [0.5, 0.6) is 0 Å². The third-order valence-electron chi connectivity index (χ3n) is 3.55. The van der Waals surface area contributed by atoms with Gasteiger partial charge in [0.1, 0.15) is 12.2 Å². The second-order valence-corrected chi connectivity index (χ2v) is 7.42. The third-order valence-corrected chi connectivity index (χ3v) is 3.55. The first kappa shape index (κ1) is 17.2. The van der Waals surface area contributed by atoms with E-state index in [2.05, 4.69) is 18.8 Å². The van der Waals surface area contributed by atoms with E-state index in [-0.39, 0.29) is 24.1 Å². The predicted octanol–water partition coefficient (Wildman–Crippen LogP) is 3.18. The van der Waals surface area contributed by atoms with E-state index >= 15 is 0 Å². The fourth-order valence-corrected chi connectivity index (χ4v) is 2.53. The zero-order valence-electron chi connectivity index (χ0n) is 14.6. The van der Waals surface area contributed by atoms with Crippen LogP contribution in [-0.2, 0) is 26.3 Å². The minimum atomic E-state index is -0.558. The van der Waals surface area contributed by atoms with Crippen LogP contribution in [-0.4, -0.2) is 29.2 Å². The summed E-state index contributed by atoms with van der Waals surface area (Å²) in [5.74, 6) is -0.364. The summed E-state index contributed by atoms with van der Waals surface area (Å²) in [5, 5.41) is 0. The predicted molar refractivity (Wildman–Crippen MR) is 86.3 cm³/mol. The van der Waals surface area contributed by atoms with Gasteiger partial charge in [0.05, 0.1) is 11.4 Å². The first-order valence-electron chi connectivity index (χ1n) is 7.63. The van der Waals surface area contributed by atoms with E-state index in [9.17, 15) is 9.59 Å². The molecule has 2 heterocycles. The van der Waals surface area contributed by atoms with Gasteiger partial charge in [-0.3, -0.25) is 14.7 Å². The van der Waals surface area contributed by atoms with Crippen LogP contribution in [0.25, 0.3) is 0 Å². The van der Waals surface area contributed by atoms with E-state index in [1.165, 1.54) is 6.92 Å². The Bertz CT molecular complexity index is 632. The number of aromatic nitrogens is 1. The molecule has 0 atom stereocenters. The van der Waals surface area contributed by atoms with Gasteiger partial charge in [-0.15, -0.1) is 0 Å². The van der Waals surface area contributed by atoms with Gasteiger partial charge >= 0.3 is 12.1 Å². The van der Waals surface area contributed by atoms with Crippen molar-refractivity contribution in [2.45, 2.75) is 59.2 Å². The summed E-state index contributed by atoms with van der Waals surface area (Å²) < 4.78 is 10.5. The number of pyridine rings is 1. The Morgan fingerprint density at radius 3 is 2.57 bits per heavy atom. The average molecular weight is 320 g/mol. The summed E-state index contributed by atoms with van der Waals surface area (Å²) in [6, 6.07) is 1.79. The second kappa shape index (κ2) is 5.83. The van der Waals surface area contributed by atoms with Crippen molar-refractivity contribution in [3.05, 3.63) is 23.5 Å². The minimum absolute atomic E-state index is 0.0885. The van der Waals surface area contributed by atoms with Gasteiger partial charge in [0.15, 0.2) is 0 Å². The molecule has 0 aromatic carbocycles. The molecule has 1 aromatic rings. The van der Waals surface area contributed by atoms with Crippen molar-refractivity contribution < 1.29 is 19.1 Å². The van der Waals surface area contributed by atoms with Gasteiger partial charge in [-0.2, -0.15) is 0 Å². The van der Waals surface area contributed by atoms with Crippen LogP contribution >= 0.6 is 0 Å². The van der Waals surface area contributed by atoms with Crippen molar-refractivity contribution >= 4 is 17.7 Å². The van der Waals surface area contributed by atoms with Gasteiger partial charge in [-0.1, -0.05) is 13.8 Å². The molecule has 126 valence electrons. The molecule has 0 spiro atoms. The molecule has 0 aliphatic carbocycles. The fourth-order valence-electron chi connectivity index (χ4n) is 2.53. The Hall–Kier alpha value is -2.11. The highest BCUT2D eigenvalue weighted by molar-refractivity contribution is 5.91. The third kappa shape index (κ3) is 4.00. The number of anilines is 1. The lowest BCUT2D eigenvalue weighted by molar-refractivity contribution is -0.142. The first-order valence-corrected chi connectivity index (χ1v) is 7.63. The molecule has 1 aliphatic heterocycles. The monoisotopic (exact) mass is 320 g/mol. The first-order chi connectivity index (χ1) is 10.5. The molecule has 0 fully saturated rings. The number of hydrogen-bond acceptors (Lipinski definition) is 5. The molecule has 23 heavy (non-hydrogen) atoms. The highest BCUT2D eigenvalue weighted by Crippen LogP contribution is 2.41. The van der Waals surface area contributed by atoms with Crippen LogP contribution < -0.4 is 4.90 Å². The lowest BCUT2D eigenvalue weighted by Gasteiger charge is -2.26. The number of carbonyl (C=O) groups is 2. The van der Waals surface area contributed by atoms with Gasteiger partial charge in [-0.25, -0.2) is 4.79 Å². The summed E-state index contributed by atoms with van der Waals surface area (Å²) >= 11 is 0. The van der Waals surface area contributed by atoms with Crippen LogP contribution in [0.3, 0.4) is 0 Å². The largest absolute Gasteiger partial charge is 0.459 e. The SMILES string of the molecule is CC(=O)OCc1cc2c(cn1)C(C)(C)CN2C(=O)OC(C)(C)C. The molecule has 0 radical (unpaired) electrons. The number of rotatable bonds is 2. The highest BCUT2D eigenvalue weighted by Gasteiger charge is 2.40. The van der Waals surface area contributed by atoms with Crippen molar-refractivity contribution in [2.24, 2.45) is 0 Å². The zero-order chi connectivity index (χ0) is 17.4. The Morgan fingerprint density at radius 1 is 1.35 bits per heavy atom. The fraction of sp³-hybridized carbons (Fsp3) is 0.588. The normalized spacial score (nSPS) is 16.0. The number of fused-ring (bicyclic) bond motifs is 1. The van der Waals surface area contributed by atoms with Crippen molar-refractivity contribution in [1.29, 1.82) is 0 Å². The van der Waals surface area contributed by atoms with E-state index in [1.54, 1.807) is 17.2 Å². The molecule has 6 nitrogen and oxygen atoms in total. The molecule has 0 bridgehead atoms. The zero-order valence-corrected chi connectivity index (χ0v) is 14.6. The second-order valence-electron chi connectivity index (χ2n) is 7.42. The number of carbonyl (C=O) groups excluding carboxylic acids is 2. The van der Waals surface area contributed by atoms with Crippen LogP contribution in [0.4, 0.5) is 10.5 Å². The van der Waals surface area contributed by atoms with Crippen molar-refractivity contribution in [3.63, 3.8) is 0 Å². The van der Waals surface area contributed by atoms with Crippen LogP contribution in [0.15, 0.2) is 12.3 Å². The van der Waals surface area contributed by atoms with Crippen molar-refractivity contribution in [2.75, 3.05) is 11.4 Å². The average Bonchev–Trinajstić information content (AvgIpc) is 2.66. The summed E-state index contributed by atoms with van der Waals surface area (Å²) in [5.41, 5.74) is 1.58. The molecule has 0 saturated carbocycles. The molecule has 1 amide bonds. The van der Waals surface area contributed by atoms with Gasteiger partial charge in [-0.05, 0) is 26.8 Å². The van der Waals surface area contributed by atoms with Crippen molar-refractivity contribution in [3.8, 4) is 0 Å². The number of amides is 1. The lowest BCUT2D eigenvalue weighted by atomic mass is 9.88. The number of ether oxygens (including phenoxy) is 2. The molecule has 0 saturated heterocycles. The Labute approximate surface area is 136 Å². The van der Waals surface area contributed by atoms with Gasteiger partial charge in [0.25, 0.3) is 0 Å². The molecular formula is C17H24N2O4. The quantitative estimate of drug-likeness (QED) is 0.783. The van der Waals surface area contributed by atoms with Crippen LogP contribution in [0.2, 0.25) is 0 Å². The minimum Gasteiger partial charge on any atom is -0.459 e. The van der Waals surface area contributed by atoms with Gasteiger partial charge in [0.2, 0.25) is 0 Å². The molecule has 2 rings (SSSR count). The molecule has 0 N–H and O–H groups in total. The maximum atomic E-state index is 12.5. The smallest absolute Gasteiger partial charge is 0.414 e. The topological polar surface area (TPSA) is 68.7 Å². The maximum absolute atomic E-state index is 12.5. The van der Waals surface area contributed by atoms with Crippen LogP contribution in [0, 0.1) is 0 Å². The molecule has 6 heteroatoms. The lowest BCUT2D eigenvalue weighted by Crippen LogP contribution is -2.38. The number of hydrogen-bond donors (Lipinski definition) is 0. The molecule has 0 unspecified atom stereocenters. The summed E-state index contributed by atoms with van der Waals surface area (Å²) in [7, 11) is 0. The van der Waals surface area contributed by atoms with E-state index in [0.717, 1.165) is 11.3 Å². The molecular weight excluding hydrogens is 296 g/mol. The summed E-state index contributed by atoms with van der Waals surface area (Å²) in [4.78, 5) is 29.4.